The Kier molecular flexibility index (Phi) is 4.50. The highest BCUT2D eigenvalue weighted by atomic mass is 16.6. The van der Waals surface area contributed by atoms with Crippen molar-refractivity contribution in [2.24, 2.45) is 5.84 Å². The van der Waals surface area contributed by atoms with Crippen LogP contribution in [0.15, 0.2) is 6.20 Å². The molecule has 0 bridgehead atoms. The maximum Gasteiger partial charge on any atom is 0.329 e. The molecule has 116 valence electrons. The fourth-order valence-corrected chi connectivity index (χ4v) is 2.52. The maximum absolute atomic E-state index is 11.2. The fraction of sp³-hybridized carbons (Fsp3) is 0.636. The van der Waals surface area contributed by atoms with Crippen LogP contribution in [0.4, 0.5) is 17.5 Å². The molecular formula is C11H19N7O3. The lowest BCUT2D eigenvalue weighted by Gasteiger charge is -2.27. The first-order valence-corrected chi connectivity index (χ1v) is 6.50. The van der Waals surface area contributed by atoms with Crippen LogP contribution in [0.25, 0.3) is 0 Å². The van der Waals surface area contributed by atoms with Gasteiger partial charge in [0.05, 0.1) is 11.0 Å². The summed E-state index contributed by atoms with van der Waals surface area (Å²) in [6.07, 6.45) is 1.11. The molecule has 10 nitrogen and oxygen atoms in total. The number of nitrogens with zero attached hydrogens (tertiary/aromatic N) is 5. The van der Waals surface area contributed by atoms with Gasteiger partial charge in [-0.15, -0.1) is 0 Å². The number of aliphatic hydroxyl groups excluding tert-OH is 1. The van der Waals surface area contributed by atoms with E-state index in [1.165, 1.54) is 0 Å². The minimum absolute atomic E-state index is 0.0609. The van der Waals surface area contributed by atoms with Crippen LogP contribution in [0, 0.1) is 10.1 Å². The molecule has 1 fully saturated rings. The first-order valence-electron chi connectivity index (χ1n) is 6.50. The number of hydrogen-bond donors (Lipinski definition) is 3. The van der Waals surface area contributed by atoms with E-state index in [0.717, 1.165) is 6.20 Å². The van der Waals surface area contributed by atoms with Gasteiger partial charge in [0.2, 0.25) is 11.8 Å². The van der Waals surface area contributed by atoms with E-state index in [-0.39, 0.29) is 23.5 Å². The second kappa shape index (κ2) is 6.16. The molecular weight excluding hydrogens is 278 g/mol. The van der Waals surface area contributed by atoms with Gasteiger partial charge >= 0.3 is 5.69 Å². The van der Waals surface area contributed by atoms with Gasteiger partial charge in [0.15, 0.2) is 0 Å². The molecule has 0 saturated carbocycles. The third kappa shape index (κ3) is 3.35. The first-order chi connectivity index (χ1) is 9.92. The van der Waals surface area contributed by atoms with Crippen LogP contribution in [0.2, 0.25) is 0 Å². The Morgan fingerprint density at radius 2 is 2.38 bits per heavy atom. The lowest BCUT2D eigenvalue weighted by molar-refractivity contribution is -0.384. The molecule has 10 heteroatoms. The van der Waals surface area contributed by atoms with Crippen LogP contribution in [-0.2, 0) is 0 Å². The molecule has 4 N–H and O–H groups in total. The highest BCUT2D eigenvalue weighted by molar-refractivity contribution is 5.60. The van der Waals surface area contributed by atoms with Crippen LogP contribution >= 0.6 is 0 Å². The number of aliphatic hydroxyl groups is 1. The third-order valence-electron chi connectivity index (χ3n) is 3.32. The number of nitrogens with one attached hydrogen (secondary N) is 1. The summed E-state index contributed by atoms with van der Waals surface area (Å²) in [5.74, 6) is 5.54. The second-order valence-electron chi connectivity index (χ2n) is 5.26. The molecule has 2 atom stereocenters. The zero-order chi connectivity index (χ0) is 15.6. The van der Waals surface area contributed by atoms with Gasteiger partial charge in [-0.25, -0.2) is 10.8 Å². The lowest BCUT2D eigenvalue weighted by atomic mass is 10.2. The van der Waals surface area contributed by atoms with E-state index in [4.69, 9.17) is 5.84 Å². The number of β-amino-alcohol motifs (C(OH)–C–C–N with tert-alkyl or cyclic N) is 1. The maximum atomic E-state index is 11.2. The molecule has 0 aromatic carbocycles. The Bertz CT molecular complexity index is 525. The van der Waals surface area contributed by atoms with E-state index >= 15 is 0 Å². The van der Waals surface area contributed by atoms with Crippen molar-refractivity contribution in [2.45, 2.75) is 18.6 Å². The van der Waals surface area contributed by atoms with E-state index in [1.807, 2.05) is 19.0 Å². The summed E-state index contributed by atoms with van der Waals surface area (Å²) in [6, 6.07) is -0.0609. The van der Waals surface area contributed by atoms with E-state index in [1.54, 1.807) is 4.90 Å². The highest BCUT2D eigenvalue weighted by Gasteiger charge is 2.36. The second-order valence-corrected chi connectivity index (χ2v) is 5.26. The van der Waals surface area contributed by atoms with Crippen LogP contribution in [0.5, 0.6) is 0 Å². The van der Waals surface area contributed by atoms with Crippen molar-refractivity contribution >= 4 is 17.5 Å². The van der Waals surface area contributed by atoms with Crippen LogP contribution < -0.4 is 16.2 Å². The van der Waals surface area contributed by atoms with Crippen molar-refractivity contribution in [3.8, 4) is 0 Å². The molecule has 1 aromatic heterocycles. The van der Waals surface area contributed by atoms with E-state index < -0.39 is 11.0 Å². The molecule has 2 rings (SSSR count). The van der Waals surface area contributed by atoms with E-state index in [0.29, 0.717) is 19.5 Å². The largest absolute Gasteiger partial charge is 0.391 e. The summed E-state index contributed by atoms with van der Waals surface area (Å²) in [5.41, 5.74) is 2.08. The third-order valence-corrected chi connectivity index (χ3v) is 3.32. The molecule has 1 aromatic rings. The van der Waals surface area contributed by atoms with Gasteiger partial charge in [-0.3, -0.25) is 15.5 Å². The summed E-state index contributed by atoms with van der Waals surface area (Å²) in [6.45, 7) is 0.948. The number of nitrogen functional groups attached to an aromatic ring is 1. The quantitative estimate of drug-likeness (QED) is 0.361. The molecule has 1 aliphatic rings. The van der Waals surface area contributed by atoms with Gasteiger partial charge < -0.3 is 14.9 Å². The predicted molar refractivity (Wildman–Crippen MR) is 76.8 cm³/mol. The minimum Gasteiger partial charge on any atom is -0.391 e. The standard InChI is InChI=1S/C11H19N7O3/c1-16(2)5-7-3-8(19)6-17(7)10-9(18(20)21)4-13-11(14-10)15-12/h4,7-8,19H,3,5-6,12H2,1-2H3,(H,13,14,15). The fourth-order valence-electron chi connectivity index (χ4n) is 2.52. The van der Waals surface area contributed by atoms with Gasteiger partial charge in [-0.05, 0) is 20.5 Å². The normalized spacial score (nSPS) is 21.9. The van der Waals surface area contributed by atoms with Crippen molar-refractivity contribution in [3.63, 3.8) is 0 Å². The molecule has 2 unspecified atom stereocenters. The van der Waals surface area contributed by atoms with Crippen molar-refractivity contribution in [2.75, 3.05) is 37.5 Å². The Labute approximate surface area is 121 Å². The summed E-state index contributed by atoms with van der Waals surface area (Å²) < 4.78 is 0. The zero-order valence-corrected chi connectivity index (χ0v) is 11.9. The van der Waals surface area contributed by atoms with Gasteiger partial charge in [-0.2, -0.15) is 4.98 Å². The summed E-state index contributed by atoms with van der Waals surface area (Å²) in [5, 5.41) is 21.0. The molecule has 0 radical (unpaired) electrons. The lowest BCUT2D eigenvalue weighted by Crippen LogP contribution is -2.38. The molecule has 0 spiro atoms. The smallest absolute Gasteiger partial charge is 0.329 e. The molecule has 0 aliphatic carbocycles. The Hall–Kier alpha value is -2.04. The van der Waals surface area contributed by atoms with Gasteiger partial charge in [0, 0.05) is 19.1 Å². The van der Waals surface area contributed by atoms with Gasteiger partial charge in [0.25, 0.3) is 0 Å². The van der Waals surface area contributed by atoms with Crippen LogP contribution in [0.3, 0.4) is 0 Å². The van der Waals surface area contributed by atoms with Crippen molar-refractivity contribution in [3.05, 3.63) is 16.3 Å². The number of nitrogens with two attached hydrogens (primary N) is 1. The summed E-state index contributed by atoms with van der Waals surface area (Å²) in [7, 11) is 3.81. The summed E-state index contributed by atoms with van der Waals surface area (Å²) >= 11 is 0. The first kappa shape index (κ1) is 15.4. The highest BCUT2D eigenvalue weighted by Crippen LogP contribution is 2.32. The SMILES string of the molecule is CN(C)CC1CC(O)CN1c1nc(NN)ncc1[N+](=O)[O-]. The number of hydrogen-bond acceptors (Lipinski definition) is 9. The number of likely N-dealkylation sites (N-methyl/N-ethyl adjacent to an activating group) is 1. The molecule has 1 saturated heterocycles. The number of aromatic nitrogens is 2. The molecule has 1 aliphatic heterocycles. The topological polar surface area (TPSA) is 134 Å². The van der Waals surface area contributed by atoms with E-state index in [2.05, 4.69) is 15.4 Å². The Balaban J connectivity index is 2.39. The zero-order valence-electron chi connectivity index (χ0n) is 11.9. The molecule has 0 amide bonds. The Morgan fingerprint density at radius 3 is 2.95 bits per heavy atom. The number of rotatable bonds is 5. The minimum atomic E-state index is -0.543. The number of anilines is 2. The van der Waals surface area contributed by atoms with Crippen molar-refractivity contribution in [1.82, 2.24) is 14.9 Å². The molecule has 2 heterocycles. The van der Waals surface area contributed by atoms with Crippen molar-refractivity contribution < 1.29 is 10.0 Å². The summed E-state index contributed by atoms with van der Waals surface area (Å²) in [4.78, 5) is 22.2. The predicted octanol–water partition coefficient (Wildman–Crippen LogP) is -0.828. The number of hydrazine groups is 1. The van der Waals surface area contributed by atoms with E-state index in [9.17, 15) is 15.2 Å². The van der Waals surface area contributed by atoms with Crippen LogP contribution in [-0.4, -0.2) is 64.2 Å². The van der Waals surface area contributed by atoms with Crippen molar-refractivity contribution in [1.29, 1.82) is 0 Å². The van der Waals surface area contributed by atoms with Crippen LogP contribution in [0.1, 0.15) is 6.42 Å². The average Bonchev–Trinajstić information content (AvgIpc) is 2.77. The Morgan fingerprint density at radius 1 is 1.67 bits per heavy atom. The van der Waals surface area contributed by atoms with Gasteiger partial charge in [0.1, 0.15) is 6.20 Å². The number of nitro groups is 1. The monoisotopic (exact) mass is 297 g/mol. The van der Waals surface area contributed by atoms with Gasteiger partial charge in [-0.1, -0.05) is 0 Å². The average molecular weight is 297 g/mol. The molecule has 21 heavy (non-hydrogen) atoms.